The summed E-state index contributed by atoms with van der Waals surface area (Å²) >= 11 is 5.92. The van der Waals surface area contributed by atoms with Crippen LogP contribution in [0.3, 0.4) is 0 Å². The van der Waals surface area contributed by atoms with Crippen molar-refractivity contribution in [2.75, 3.05) is 12.8 Å². The highest BCUT2D eigenvalue weighted by Crippen LogP contribution is 2.28. The fraction of sp³-hybridized carbons (Fsp3) is 0.455. The molecule has 2 nitrogen and oxygen atoms in total. The SMILES string of the molecule is CN(Cc1cc(Cl)ccc1N)C1CC1. The van der Waals surface area contributed by atoms with Crippen molar-refractivity contribution in [3.05, 3.63) is 28.8 Å². The lowest BCUT2D eigenvalue weighted by atomic mass is 10.1. The molecule has 0 heterocycles. The lowest BCUT2D eigenvalue weighted by Gasteiger charge is -2.17. The van der Waals surface area contributed by atoms with Gasteiger partial charge < -0.3 is 5.73 Å². The van der Waals surface area contributed by atoms with E-state index in [-0.39, 0.29) is 0 Å². The van der Waals surface area contributed by atoms with Gasteiger partial charge in [0.1, 0.15) is 0 Å². The fourth-order valence-corrected chi connectivity index (χ4v) is 1.82. The summed E-state index contributed by atoms with van der Waals surface area (Å²) in [4.78, 5) is 2.34. The van der Waals surface area contributed by atoms with Crippen LogP contribution >= 0.6 is 11.6 Å². The third-order valence-electron chi connectivity index (χ3n) is 2.69. The fourth-order valence-electron chi connectivity index (χ4n) is 1.62. The second-order valence-electron chi connectivity index (χ2n) is 3.99. The Bertz CT molecular complexity index is 334. The van der Waals surface area contributed by atoms with E-state index >= 15 is 0 Å². The third-order valence-corrected chi connectivity index (χ3v) is 2.93. The molecule has 2 N–H and O–H groups in total. The summed E-state index contributed by atoms with van der Waals surface area (Å²) in [6, 6.07) is 6.42. The Morgan fingerprint density at radius 1 is 1.50 bits per heavy atom. The Labute approximate surface area is 89.7 Å². The summed E-state index contributed by atoms with van der Waals surface area (Å²) in [5.74, 6) is 0. The van der Waals surface area contributed by atoms with Gasteiger partial charge in [0.15, 0.2) is 0 Å². The van der Waals surface area contributed by atoms with E-state index in [9.17, 15) is 0 Å². The molecular weight excluding hydrogens is 196 g/mol. The van der Waals surface area contributed by atoms with Crippen LogP contribution in [0.5, 0.6) is 0 Å². The predicted molar refractivity (Wildman–Crippen MR) is 60.4 cm³/mol. The zero-order valence-corrected chi connectivity index (χ0v) is 9.09. The van der Waals surface area contributed by atoms with Gasteiger partial charge in [0.2, 0.25) is 0 Å². The highest BCUT2D eigenvalue weighted by atomic mass is 35.5. The molecule has 0 amide bonds. The Morgan fingerprint density at radius 3 is 2.86 bits per heavy atom. The molecule has 1 aliphatic rings. The average molecular weight is 211 g/mol. The minimum absolute atomic E-state index is 0.758. The smallest absolute Gasteiger partial charge is 0.0410 e. The zero-order chi connectivity index (χ0) is 10.1. The van der Waals surface area contributed by atoms with Crippen LogP contribution in [0.15, 0.2) is 18.2 Å². The molecule has 0 radical (unpaired) electrons. The maximum absolute atomic E-state index is 5.92. The molecule has 0 atom stereocenters. The molecule has 0 unspecified atom stereocenters. The number of rotatable bonds is 3. The van der Waals surface area contributed by atoms with E-state index in [2.05, 4.69) is 11.9 Å². The van der Waals surface area contributed by atoms with E-state index < -0.39 is 0 Å². The lowest BCUT2D eigenvalue weighted by molar-refractivity contribution is 0.317. The molecule has 0 spiro atoms. The van der Waals surface area contributed by atoms with Crippen molar-refractivity contribution < 1.29 is 0 Å². The maximum Gasteiger partial charge on any atom is 0.0410 e. The van der Waals surface area contributed by atoms with Crippen molar-refractivity contribution in [1.29, 1.82) is 0 Å². The number of hydrogen-bond acceptors (Lipinski definition) is 2. The molecule has 3 heteroatoms. The Morgan fingerprint density at radius 2 is 2.21 bits per heavy atom. The largest absolute Gasteiger partial charge is 0.398 e. The van der Waals surface area contributed by atoms with Crippen LogP contribution in [0.25, 0.3) is 0 Å². The minimum Gasteiger partial charge on any atom is -0.398 e. The summed E-state index contributed by atoms with van der Waals surface area (Å²) in [7, 11) is 2.14. The van der Waals surface area contributed by atoms with E-state index in [1.165, 1.54) is 12.8 Å². The molecule has 2 rings (SSSR count). The van der Waals surface area contributed by atoms with Crippen LogP contribution in [0.4, 0.5) is 5.69 Å². The standard InChI is InChI=1S/C11H15ClN2/c1-14(10-3-4-10)7-8-6-9(12)2-5-11(8)13/h2,5-6,10H,3-4,7,13H2,1H3. The van der Waals surface area contributed by atoms with Gasteiger partial charge in [-0.25, -0.2) is 0 Å². The summed E-state index contributed by atoms with van der Waals surface area (Å²) in [5, 5.41) is 0.762. The number of nitrogens with zero attached hydrogens (tertiary/aromatic N) is 1. The van der Waals surface area contributed by atoms with Gasteiger partial charge in [-0.1, -0.05) is 11.6 Å². The number of benzene rings is 1. The lowest BCUT2D eigenvalue weighted by Crippen LogP contribution is -2.20. The quantitative estimate of drug-likeness (QED) is 0.777. The Kier molecular flexibility index (Phi) is 2.66. The van der Waals surface area contributed by atoms with Crippen LogP contribution in [0.1, 0.15) is 18.4 Å². The Balaban J connectivity index is 2.10. The second kappa shape index (κ2) is 3.79. The normalized spacial score (nSPS) is 16.2. The van der Waals surface area contributed by atoms with Gasteiger partial charge >= 0.3 is 0 Å². The first-order valence-corrected chi connectivity index (χ1v) is 5.29. The molecule has 1 fully saturated rings. The predicted octanol–water partition coefficient (Wildman–Crippen LogP) is 2.52. The van der Waals surface area contributed by atoms with Crippen molar-refractivity contribution in [1.82, 2.24) is 4.90 Å². The number of nitrogen functional groups attached to an aromatic ring is 1. The van der Waals surface area contributed by atoms with Crippen LogP contribution in [-0.2, 0) is 6.54 Å². The highest BCUT2D eigenvalue weighted by molar-refractivity contribution is 6.30. The summed E-state index contributed by atoms with van der Waals surface area (Å²) in [6.07, 6.45) is 2.63. The molecule has 0 saturated heterocycles. The Hall–Kier alpha value is -0.730. The number of anilines is 1. The van der Waals surface area contributed by atoms with Gasteiger partial charge in [0.25, 0.3) is 0 Å². The van der Waals surface area contributed by atoms with Crippen molar-refractivity contribution in [2.45, 2.75) is 25.4 Å². The van der Waals surface area contributed by atoms with Gasteiger partial charge in [0, 0.05) is 23.3 Å². The molecule has 0 bridgehead atoms. The zero-order valence-electron chi connectivity index (χ0n) is 8.33. The molecule has 0 aromatic heterocycles. The van der Waals surface area contributed by atoms with E-state index in [0.29, 0.717) is 0 Å². The highest BCUT2D eigenvalue weighted by Gasteiger charge is 2.26. The van der Waals surface area contributed by atoms with Crippen molar-refractivity contribution in [2.24, 2.45) is 0 Å². The molecule has 14 heavy (non-hydrogen) atoms. The number of halogens is 1. The molecule has 1 saturated carbocycles. The van der Waals surface area contributed by atoms with Crippen LogP contribution in [0, 0.1) is 0 Å². The molecule has 1 aromatic rings. The van der Waals surface area contributed by atoms with E-state index in [4.69, 9.17) is 17.3 Å². The van der Waals surface area contributed by atoms with Crippen LogP contribution < -0.4 is 5.73 Å². The first-order valence-electron chi connectivity index (χ1n) is 4.91. The second-order valence-corrected chi connectivity index (χ2v) is 4.43. The first kappa shape index (κ1) is 9.81. The average Bonchev–Trinajstić information content (AvgIpc) is 2.94. The van der Waals surface area contributed by atoms with Gasteiger partial charge in [-0.2, -0.15) is 0 Å². The van der Waals surface area contributed by atoms with Crippen molar-refractivity contribution >= 4 is 17.3 Å². The summed E-state index contributed by atoms with van der Waals surface area (Å²) < 4.78 is 0. The van der Waals surface area contributed by atoms with Gasteiger partial charge in [0.05, 0.1) is 0 Å². The first-order chi connectivity index (χ1) is 6.66. The van der Waals surface area contributed by atoms with E-state index in [0.717, 1.165) is 28.9 Å². The number of hydrogen-bond donors (Lipinski definition) is 1. The van der Waals surface area contributed by atoms with Crippen LogP contribution in [-0.4, -0.2) is 18.0 Å². The molecule has 1 aromatic carbocycles. The summed E-state index contributed by atoms with van der Waals surface area (Å²) in [5.41, 5.74) is 7.84. The summed E-state index contributed by atoms with van der Waals surface area (Å²) in [6.45, 7) is 0.900. The monoisotopic (exact) mass is 210 g/mol. The van der Waals surface area contributed by atoms with Crippen molar-refractivity contribution in [3.63, 3.8) is 0 Å². The van der Waals surface area contributed by atoms with Gasteiger partial charge in [-0.3, -0.25) is 4.90 Å². The van der Waals surface area contributed by atoms with Crippen molar-refractivity contribution in [3.8, 4) is 0 Å². The topological polar surface area (TPSA) is 29.3 Å². The minimum atomic E-state index is 0.758. The molecule has 0 aliphatic heterocycles. The van der Waals surface area contributed by atoms with Gasteiger partial charge in [-0.15, -0.1) is 0 Å². The van der Waals surface area contributed by atoms with E-state index in [1.54, 1.807) is 0 Å². The molecule has 1 aliphatic carbocycles. The molecule has 76 valence electrons. The molecular formula is C11H15ClN2. The van der Waals surface area contributed by atoms with Gasteiger partial charge in [-0.05, 0) is 43.7 Å². The van der Waals surface area contributed by atoms with E-state index in [1.807, 2.05) is 18.2 Å². The maximum atomic E-state index is 5.92. The number of nitrogens with two attached hydrogens (primary N) is 1. The third kappa shape index (κ3) is 2.20. The van der Waals surface area contributed by atoms with Crippen LogP contribution in [0.2, 0.25) is 5.02 Å².